The zero-order valence-corrected chi connectivity index (χ0v) is 26.1. The van der Waals surface area contributed by atoms with E-state index in [-0.39, 0.29) is 22.9 Å². The minimum absolute atomic E-state index is 0.113. The number of benzene rings is 2. The Bertz CT molecular complexity index is 1720. The fourth-order valence-corrected chi connectivity index (χ4v) is 6.62. The van der Waals surface area contributed by atoms with E-state index in [0.29, 0.717) is 68.1 Å². The maximum Gasteiger partial charge on any atom is 0.318 e. The summed E-state index contributed by atoms with van der Waals surface area (Å²) in [7, 11) is 4.15. The molecule has 1 unspecified atom stereocenters. The number of phenolic OH excluding ortho intramolecular Hbond substituents is 1. The molecule has 4 aromatic rings. The maximum absolute atomic E-state index is 14.9. The number of hydrogen-bond acceptors (Lipinski definition) is 10. The number of aromatic hydroxyl groups is 1. The van der Waals surface area contributed by atoms with Gasteiger partial charge in [-0.05, 0) is 81.6 Å². The molecule has 7 rings (SSSR count). The van der Waals surface area contributed by atoms with Crippen molar-refractivity contribution >= 4 is 22.3 Å². The Morgan fingerprint density at radius 2 is 2.02 bits per heavy atom. The van der Waals surface area contributed by atoms with Crippen LogP contribution in [0.5, 0.6) is 11.8 Å². The second kappa shape index (κ2) is 11.7. The summed E-state index contributed by atoms with van der Waals surface area (Å²) in [6, 6.07) is 6.91. The van der Waals surface area contributed by atoms with Gasteiger partial charge in [0.25, 0.3) is 0 Å². The molecule has 2 aromatic carbocycles. The van der Waals surface area contributed by atoms with Crippen LogP contribution in [0.1, 0.15) is 67.2 Å². The monoisotopic (exact) mass is 616 g/mol. The van der Waals surface area contributed by atoms with Crippen molar-refractivity contribution in [1.29, 1.82) is 0 Å². The van der Waals surface area contributed by atoms with E-state index in [1.807, 2.05) is 6.92 Å². The summed E-state index contributed by atoms with van der Waals surface area (Å²) >= 11 is 0. The number of hydrogen-bond donors (Lipinski definition) is 4. The molecule has 1 aliphatic heterocycles. The molecule has 0 bridgehead atoms. The van der Waals surface area contributed by atoms with E-state index in [9.17, 15) is 14.6 Å². The van der Waals surface area contributed by atoms with Crippen molar-refractivity contribution in [3.05, 3.63) is 58.6 Å². The highest BCUT2D eigenvalue weighted by molar-refractivity contribution is 5.98. The molecule has 0 amide bonds. The first-order valence-corrected chi connectivity index (χ1v) is 15.9. The molecule has 0 radical (unpaired) electrons. The number of ether oxygens (including phenoxy) is 1. The molecule has 0 spiro atoms. The number of nitrogens with zero attached hydrogens (tertiary/aromatic N) is 6. The summed E-state index contributed by atoms with van der Waals surface area (Å²) in [6.45, 7) is 4.85. The van der Waals surface area contributed by atoms with E-state index in [1.165, 1.54) is 6.07 Å². The van der Waals surface area contributed by atoms with Gasteiger partial charge >= 0.3 is 6.01 Å². The number of fused-ring (bicyclic) bond motifs is 2. The topological polar surface area (TPSA) is 136 Å². The van der Waals surface area contributed by atoms with Gasteiger partial charge < -0.3 is 30.1 Å². The molecular weight excluding hydrogens is 575 g/mol. The van der Waals surface area contributed by atoms with Gasteiger partial charge in [-0.2, -0.15) is 15.1 Å². The minimum Gasteiger partial charge on any atom is -0.508 e. The average Bonchev–Trinajstić information content (AvgIpc) is 3.96. The van der Waals surface area contributed by atoms with Gasteiger partial charge in [0.1, 0.15) is 29.3 Å². The van der Waals surface area contributed by atoms with Gasteiger partial charge in [0.05, 0.1) is 25.4 Å². The second-order valence-corrected chi connectivity index (χ2v) is 13.2. The van der Waals surface area contributed by atoms with Gasteiger partial charge in [-0.3, -0.25) is 5.10 Å². The number of nitrogens with one attached hydrogen (secondary N) is 2. The molecule has 2 aromatic heterocycles. The molecule has 45 heavy (non-hydrogen) atoms. The van der Waals surface area contributed by atoms with E-state index in [2.05, 4.69) is 44.4 Å². The molecule has 3 heterocycles. The van der Waals surface area contributed by atoms with Crippen LogP contribution in [-0.2, 0) is 25.9 Å². The third kappa shape index (κ3) is 6.13. The third-order valence-electron chi connectivity index (χ3n) is 9.29. The Morgan fingerprint density at radius 3 is 2.76 bits per heavy atom. The SMILES string of the molecule is CCc1c(F)ccc2cc(O)cc(N3CCc4c(nc(OCC5(CN(C)C)CC5)nc4NCc4nc(C(O)C5CC5)n[nH]4)C3)c12. The predicted molar refractivity (Wildman–Crippen MR) is 169 cm³/mol. The zero-order chi connectivity index (χ0) is 31.3. The number of aromatic nitrogens is 5. The van der Waals surface area contributed by atoms with Crippen LogP contribution in [-0.4, -0.2) is 74.1 Å². The molecule has 2 aliphatic carbocycles. The van der Waals surface area contributed by atoms with Crippen LogP contribution in [0.4, 0.5) is 15.9 Å². The van der Waals surface area contributed by atoms with Crippen molar-refractivity contribution in [3.8, 4) is 11.8 Å². The number of rotatable bonds is 12. The Morgan fingerprint density at radius 1 is 1.20 bits per heavy atom. The maximum atomic E-state index is 14.9. The molecule has 0 saturated heterocycles. The Hall–Kier alpha value is -4.03. The average molecular weight is 617 g/mol. The summed E-state index contributed by atoms with van der Waals surface area (Å²) < 4.78 is 21.2. The number of aliphatic hydroxyl groups excluding tert-OH is 1. The quantitative estimate of drug-likeness (QED) is 0.180. The van der Waals surface area contributed by atoms with Crippen molar-refractivity contribution in [2.75, 3.05) is 44.0 Å². The van der Waals surface area contributed by atoms with Crippen LogP contribution in [0.25, 0.3) is 10.8 Å². The smallest absolute Gasteiger partial charge is 0.318 e. The van der Waals surface area contributed by atoms with E-state index < -0.39 is 6.10 Å². The zero-order valence-electron chi connectivity index (χ0n) is 26.1. The van der Waals surface area contributed by atoms with Crippen LogP contribution in [0.15, 0.2) is 24.3 Å². The summed E-state index contributed by atoms with van der Waals surface area (Å²) in [6.07, 6.45) is 4.75. The van der Waals surface area contributed by atoms with Crippen LogP contribution < -0.4 is 15.0 Å². The lowest BCUT2D eigenvalue weighted by Crippen LogP contribution is -2.33. The van der Waals surface area contributed by atoms with Crippen LogP contribution in [0, 0.1) is 17.2 Å². The Labute approximate surface area is 261 Å². The molecule has 1 atom stereocenters. The second-order valence-electron chi connectivity index (χ2n) is 13.2. The fraction of sp³-hybridized carbons (Fsp3) is 0.515. The summed E-state index contributed by atoms with van der Waals surface area (Å²) in [4.78, 5) is 18.6. The summed E-state index contributed by atoms with van der Waals surface area (Å²) in [5, 5.41) is 33.3. The lowest BCUT2D eigenvalue weighted by molar-refractivity contribution is 0.144. The Kier molecular flexibility index (Phi) is 7.73. The number of aliphatic hydroxyl groups is 1. The number of phenols is 1. The van der Waals surface area contributed by atoms with E-state index >= 15 is 0 Å². The normalized spacial score (nSPS) is 17.9. The highest BCUT2D eigenvalue weighted by Crippen LogP contribution is 2.46. The summed E-state index contributed by atoms with van der Waals surface area (Å²) in [5.74, 6) is 1.85. The Balaban J connectivity index is 1.19. The van der Waals surface area contributed by atoms with E-state index in [1.54, 1.807) is 18.2 Å². The number of aryl methyl sites for hydroxylation is 1. The highest BCUT2D eigenvalue weighted by atomic mass is 19.1. The van der Waals surface area contributed by atoms with Crippen LogP contribution in [0.3, 0.4) is 0 Å². The fourth-order valence-electron chi connectivity index (χ4n) is 6.62. The number of halogens is 1. The van der Waals surface area contributed by atoms with Crippen molar-refractivity contribution in [1.82, 2.24) is 30.0 Å². The van der Waals surface area contributed by atoms with Crippen molar-refractivity contribution < 1.29 is 19.3 Å². The number of H-pyrrole nitrogens is 1. The van der Waals surface area contributed by atoms with Gasteiger partial charge in [-0.15, -0.1) is 0 Å². The molecule has 3 aliphatic rings. The third-order valence-corrected chi connectivity index (χ3v) is 9.29. The largest absolute Gasteiger partial charge is 0.508 e. The molecule has 12 heteroatoms. The van der Waals surface area contributed by atoms with Gasteiger partial charge in [-0.25, -0.2) is 9.37 Å². The van der Waals surface area contributed by atoms with Gasteiger partial charge in [0.2, 0.25) is 0 Å². The predicted octanol–water partition coefficient (Wildman–Crippen LogP) is 4.49. The van der Waals surface area contributed by atoms with E-state index in [0.717, 1.165) is 59.9 Å². The summed E-state index contributed by atoms with van der Waals surface area (Å²) in [5.41, 5.74) is 3.34. The molecule has 4 N–H and O–H groups in total. The van der Waals surface area contributed by atoms with Crippen molar-refractivity contribution in [2.24, 2.45) is 11.3 Å². The first kappa shape index (κ1) is 29.7. The van der Waals surface area contributed by atoms with Crippen LogP contribution >= 0.6 is 0 Å². The molecule has 2 saturated carbocycles. The lowest BCUT2D eigenvalue weighted by atomic mass is 9.97. The van der Waals surface area contributed by atoms with Crippen molar-refractivity contribution in [2.45, 2.75) is 64.6 Å². The minimum atomic E-state index is -0.639. The van der Waals surface area contributed by atoms with Gasteiger partial charge in [0, 0.05) is 41.2 Å². The number of anilines is 2. The molecule has 11 nitrogen and oxygen atoms in total. The number of aromatic amines is 1. The molecular formula is C33H41FN8O3. The van der Waals surface area contributed by atoms with Gasteiger partial charge in [-0.1, -0.05) is 13.0 Å². The highest BCUT2D eigenvalue weighted by Gasteiger charge is 2.44. The van der Waals surface area contributed by atoms with Crippen LogP contribution in [0.2, 0.25) is 0 Å². The first-order valence-electron chi connectivity index (χ1n) is 15.9. The van der Waals surface area contributed by atoms with E-state index in [4.69, 9.17) is 14.7 Å². The van der Waals surface area contributed by atoms with Gasteiger partial charge in [0.15, 0.2) is 5.82 Å². The first-order chi connectivity index (χ1) is 21.7. The standard InChI is InChI=1S/C33H41FN8O3/c1-4-22-24(34)8-7-20-13-21(43)14-26(28(20)22)42-12-9-23-25(16-42)36-32(45-18-33(10-11-33)17-41(2)3)38-30(23)35-15-27-37-31(40-39-27)29(44)19-5-6-19/h7-8,13-14,19,29,43-44H,4-6,9-12,15-18H2,1-3H3,(H,35,36,38)(H,37,39,40). The molecule has 238 valence electrons. The van der Waals surface area contributed by atoms with Crippen molar-refractivity contribution in [3.63, 3.8) is 0 Å². The molecule has 2 fully saturated rings. The lowest BCUT2D eigenvalue weighted by Gasteiger charge is -2.32.